The van der Waals surface area contributed by atoms with Crippen LogP contribution >= 0.6 is 11.3 Å². The SMILES string of the molecule is CC[C@H](C)NC(=O)Cn1c(=O)n(C)c(=O)c2sc(N3CCCC3)nc21. The largest absolute Gasteiger partial charge is 0.352 e. The number of nitrogens with one attached hydrogen (secondary N) is 1. The highest BCUT2D eigenvalue weighted by molar-refractivity contribution is 7.22. The Hall–Kier alpha value is -2.16. The zero-order valence-corrected chi connectivity index (χ0v) is 15.6. The number of anilines is 1. The third kappa shape index (κ3) is 3.33. The minimum absolute atomic E-state index is 0.0295. The maximum absolute atomic E-state index is 12.5. The number of carbonyl (C=O) groups is 1. The first kappa shape index (κ1) is 17.7. The Labute approximate surface area is 149 Å². The molecule has 0 aliphatic carbocycles. The van der Waals surface area contributed by atoms with Crippen molar-refractivity contribution in [1.82, 2.24) is 19.4 Å². The Kier molecular flexibility index (Phi) is 4.94. The molecule has 1 amide bonds. The van der Waals surface area contributed by atoms with E-state index in [9.17, 15) is 14.4 Å². The van der Waals surface area contributed by atoms with Crippen molar-refractivity contribution in [2.75, 3.05) is 18.0 Å². The fourth-order valence-corrected chi connectivity index (χ4v) is 3.98. The van der Waals surface area contributed by atoms with Gasteiger partial charge >= 0.3 is 5.69 Å². The van der Waals surface area contributed by atoms with Crippen molar-refractivity contribution >= 4 is 32.7 Å². The first-order chi connectivity index (χ1) is 11.9. The molecule has 8 nitrogen and oxygen atoms in total. The highest BCUT2D eigenvalue weighted by Gasteiger charge is 2.22. The molecule has 0 saturated carbocycles. The van der Waals surface area contributed by atoms with E-state index < -0.39 is 5.69 Å². The molecule has 9 heteroatoms. The Morgan fingerprint density at radius 2 is 2.00 bits per heavy atom. The lowest BCUT2D eigenvalue weighted by Gasteiger charge is -2.13. The van der Waals surface area contributed by atoms with Crippen LogP contribution in [-0.4, -0.2) is 39.2 Å². The predicted molar refractivity (Wildman–Crippen MR) is 98.5 cm³/mol. The Morgan fingerprint density at radius 1 is 1.32 bits per heavy atom. The zero-order valence-electron chi connectivity index (χ0n) is 14.7. The molecule has 1 atom stereocenters. The summed E-state index contributed by atoms with van der Waals surface area (Å²) in [6, 6.07) is 0.0295. The lowest BCUT2D eigenvalue weighted by molar-refractivity contribution is -0.122. The summed E-state index contributed by atoms with van der Waals surface area (Å²) in [5, 5.41) is 3.59. The maximum Gasteiger partial charge on any atom is 0.332 e. The molecule has 0 radical (unpaired) electrons. The van der Waals surface area contributed by atoms with Crippen molar-refractivity contribution < 1.29 is 4.79 Å². The number of aromatic nitrogens is 3. The number of thiazole rings is 1. The van der Waals surface area contributed by atoms with Crippen LogP contribution in [0.4, 0.5) is 5.13 Å². The maximum atomic E-state index is 12.5. The summed E-state index contributed by atoms with van der Waals surface area (Å²) in [5.74, 6) is -0.257. The van der Waals surface area contributed by atoms with E-state index in [0.717, 1.165) is 42.1 Å². The molecule has 0 spiro atoms. The lowest BCUT2D eigenvalue weighted by atomic mass is 10.2. The average molecular weight is 365 g/mol. The first-order valence-electron chi connectivity index (χ1n) is 8.57. The summed E-state index contributed by atoms with van der Waals surface area (Å²) in [6.45, 7) is 5.55. The topological polar surface area (TPSA) is 89.2 Å². The molecule has 0 unspecified atom stereocenters. The number of hydrogen-bond donors (Lipinski definition) is 1. The fraction of sp³-hybridized carbons (Fsp3) is 0.625. The van der Waals surface area contributed by atoms with Gasteiger partial charge in [0.2, 0.25) is 5.91 Å². The molecule has 0 aromatic carbocycles. The second kappa shape index (κ2) is 6.99. The molecular formula is C16H23N5O3S. The molecule has 136 valence electrons. The molecule has 0 bridgehead atoms. The highest BCUT2D eigenvalue weighted by atomic mass is 32.1. The fourth-order valence-electron chi connectivity index (χ4n) is 2.89. The van der Waals surface area contributed by atoms with Gasteiger partial charge in [-0.2, -0.15) is 0 Å². The minimum Gasteiger partial charge on any atom is -0.352 e. The Bertz CT molecular complexity index is 907. The van der Waals surface area contributed by atoms with Crippen LogP contribution in [-0.2, 0) is 18.4 Å². The molecule has 25 heavy (non-hydrogen) atoms. The van der Waals surface area contributed by atoms with Gasteiger partial charge in [-0.05, 0) is 26.2 Å². The van der Waals surface area contributed by atoms with Gasteiger partial charge in [-0.25, -0.2) is 9.78 Å². The standard InChI is InChI=1S/C16H23N5O3S/c1-4-10(2)17-11(22)9-21-13-12(14(23)19(3)16(21)24)25-15(18-13)20-7-5-6-8-20/h10H,4-9H2,1-3H3,(H,17,22)/t10-/m0/s1. The third-order valence-electron chi connectivity index (χ3n) is 4.57. The number of carbonyl (C=O) groups excluding carboxylic acids is 1. The van der Waals surface area contributed by atoms with Gasteiger partial charge in [0.1, 0.15) is 11.2 Å². The molecule has 3 rings (SSSR count). The number of amides is 1. The quantitative estimate of drug-likeness (QED) is 0.841. The normalized spacial score (nSPS) is 15.7. The lowest BCUT2D eigenvalue weighted by Crippen LogP contribution is -2.42. The van der Waals surface area contributed by atoms with E-state index in [2.05, 4.69) is 15.2 Å². The second-order valence-electron chi connectivity index (χ2n) is 6.45. The van der Waals surface area contributed by atoms with Crippen LogP contribution in [0.25, 0.3) is 10.3 Å². The van der Waals surface area contributed by atoms with Gasteiger partial charge in [0.05, 0.1) is 0 Å². The third-order valence-corrected chi connectivity index (χ3v) is 5.66. The summed E-state index contributed by atoms with van der Waals surface area (Å²) in [5.41, 5.74) is -0.573. The van der Waals surface area contributed by atoms with E-state index in [1.165, 1.54) is 23.0 Å². The summed E-state index contributed by atoms with van der Waals surface area (Å²) in [6.07, 6.45) is 3.00. The number of nitrogens with zero attached hydrogens (tertiary/aromatic N) is 4. The minimum atomic E-state index is -0.518. The van der Waals surface area contributed by atoms with Crippen LogP contribution in [0.2, 0.25) is 0 Å². The van der Waals surface area contributed by atoms with E-state index in [0.29, 0.717) is 10.3 Å². The molecule has 1 aliphatic rings. The van der Waals surface area contributed by atoms with Gasteiger partial charge in [-0.1, -0.05) is 18.3 Å². The van der Waals surface area contributed by atoms with Crippen molar-refractivity contribution in [3.8, 4) is 0 Å². The van der Waals surface area contributed by atoms with Crippen LogP contribution in [0.5, 0.6) is 0 Å². The van der Waals surface area contributed by atoms with Gasteiger partial charge in [-0.15, -0.1) is 0 Å². The van der Waals surface area contributed by atoms with E-state index in [-0.39, 0.29) is 24.1 Å². The molecule has 2 aromatic heterocycles. The van der Waals surface area contributed by atoms with Crippen molar-refractivity contribution in [3.63, 3.8) is 0 Å². The van der Waals surface area contributed by atoms with E-state index in [1.54, 1.807) is 0 Å². The van der Waals surface area contributed by atoms with E-state index >= 15 is 0 Å². The Morgan fingerprint density at radius 3 is 2.64 bits per heavy atom. The van der Waals surface area contributed by atoms with Crippen LogP contribution in [0.3, 0.4) is 0 Å². The smallest absolute Gasteiger partial charge is 0.332 e. The van der Waals surface area contributed by atoms with Crippen molar-refractivity contribution in [3.05, 3.63) is 20.8 Å². The molecular weight excluding hydrogens is 342 g/mol. The van der Waals surface area contributed by atoms with E-state index in [4.69, 9.17) is 0 Å². The van der Waals surface area contributed by atoms with Crippen LogP contribution < -0.4 is 21.5 Å². The van der Waals surface area contributed by atoms with E-state index in [1.807, 2.05) is 13.8 Å². The van der Waals surface area contributed by atoms with Gasteiger partial charge < -0.3 is 10.2 Å². The van der Waals surface area contributed by atoms with Gasteiger partial charge in [0.15, 0.2) is 10.8 Å². The number of hydrogen-bond acceptors (Lipinski definition) is 6. The highest BCUT2D eigenvalue weighted by Crippen LogP contribution is 2.28. The second-order valence-corrected chi connectivity index (χ2v) is 7.43. The van der Waals surface area contributed by atoms with Gasteiger partial charge in [0, 0.05) is 26.2 Å². The molecule has 1 fully saturated rings. The van der Waals surface area contributed by atoms with Crippen molar-refractivity contribution in [2.24, 2.45) is 7.05 Å². The molecule has 1 aliphatic heterocycles. The molecule has 2 aromatic rings. The zero-order chi connectivity index (χ0) is 18.1. The monoisotopic (exact) mass is 365 g/mol. The first-order valence-corrected chi connectivity index (χ1v) is 9.38. The summed E-state index contributed by atoms with van der Waals surface area (Å²) in [7, 11) is 1.43. The average Bonchev–Trinajstić information content (AvgIpc) is 3.25. The summed E-state index contributed by atoms with van der Waals surface area (Å²) >= 11 is 1.29. The van der Waals surface area contributed by atoms with Crippen molar-refractivity contribution in [2.45, 2.75) is 45.7 Å². The Balaban J connectivity index is 2.05. The molecule has 3 heterocycles. The predicted octanol–water partition coefficient (Wildman–Crippen LogP) is 0.672. The van der Waals surface area contributed by atoms with Gasteiger partial charge in [0.25, 0.3) is 5.56 Å². The van der Waals surface area contributed by atoms with Crippen molar-refractivity contribution in [1.29, 1.82) is 0 Å². The molecule has 1 saturated heterocycles. The van der Waals surface area contributed by atoms with Crippen LogP contribution in [0, 0.1) is 0 Å². The summed E-state index contributed by atoms with van der Waals surface area (Å²) in [4.78, 5) is 43.9. The molecule has 1 N–H and O–H groups in total. The van der Waals surface area contributed by atoms with Crippen LogP contribution in [0.15, 0.2) is 9.59 Å². The number of rotatable bonds is 5. The number of fused-ring (bicyclic) bond motifs is 1. The van der Waals surface area contributed by atoms with Gasteiger partial charge in [-0.3, -0.25) is 18.7 Å². The summed E-state index contributed by atoms with van der Waals surface area (Å²) < 4.78 is 2.76. The van der Waals surface area contributed by atoms with Crippen LogP contribution in [0.1, 0.15) is 33.1 Å².